The number of nitrogens with one attached hydrogen (secondary N) is 3. The summed E-state index contributed by atoms with van der Waals surface area (Å²) in [7, 11) is -3.34. The molecule has 1 aliphatic rings. The van der Waals surface area contributed by atoms with Crippen molar-refractivity contribution in [2.45, 2.75) is 45.3 Å². The van der Waals surface area contributed by atoms with Crippen molar-refractivity contribution in [2.75, 3.05) is 29.4 Å². The third-order valence-corrected chi connectivity index (χ3v) is 4.53. The Morgan fingerprint density at radius 1 is 1.07 bits per heavy atom. The number of likely N-dealkylation sites (tertiary alicyclic amines) is 1. The van der Waals surface area contributed by atoms with E-state index in [-0.39, 0.29) is 18.2 Å². The van der Waals surface area contributed by atoms with Crippen LogP contribution in [0.15, 0.2) is 24.3 Å². The predicted molar refractivity (Wildman–Crippen MR) is 108 cm³/mol. The number of hydrogen-bond acceptors (Lipinski definition) is 5. The smallest absolute Gasteiger partial charge is 0.410 e. The third-order valence-electron chi connectivity index (χ3n) is 3.93. The van der Waals surface area contributed by atoms with Gasteiger partial charge in [0.05, 0.1) is 6.26 Å². The van der Waals surface area contributed by atoms with Crippen LogP contribution in [0, 0.1) is 0 Å². The topological polar surface area (TPSA) is 117 Å². The Labute approximate surface area is 165 Å². The Morgan fingerprint density at radius 2 is 1.61 bits per heavy atom. The number of benzene rings is 1. The second-order valence-corrected chi connectivity index (χ2v) is 9.54. The van der Waals surface area contributed by atoms with Crippen LogP contribution in [0.2, 0.25) is 0 Å². The molecule has 1 aromatic rings. The molecular formula is C18H28N4O5S. The van der Waals surface area contributed by atoms with Gasteiger partial charge in [-0.2, -0.15) is 0 Å². The fourth-order valence-electron chi connectivity index (χ4n) is 2.72. The second kappa shape index (κ2) is 8.68. The van der Waals surface area contributed by atoms with Crippen molar-refractivity contribution in [3.63, 3.8) is 0 Å². The lowest BCUT2D eigenvalue weighted by atomic mass is 10.1. The van der Waals surface area contributed by atoms with Crippen LogP contribution in [0.25, 0.3) is 0 Å². The lowest BCUT2D eigenvalue weighted by Gasteiger charge is -2.33. The minimum atomic E-state index is -3.34. The molecule has 1 saturated heterocycles. The highest BCUT2D eigenvalue weighted by atomic mass is 32.2. The van der Waals surface area contributed by atoms with Gasteiger partial charge in [0, 0.05) is 30.5 Å². The van der Waals surface area contributed by atoms with E-state index in [1.807, 2.05) is 20.8 Å². The number of hydrogen-bond donors (Lipinski definition) is 3. The predicted octanol–water partition coefficient (Wildman–Crippen LogP) is 2.58. The largest absolute Gasteiger partial charge is 0.444 e. The fourth-order valence-corrected chi connectivity index (χ4v) is 3.29. The number of amides is 3. The molecule has 0 spiro atoms. The quantitative estimate of drug-likeness (QED) is 0.703. The summed E-state index contributed by atoms with van der Waals surface area (Å²) < 4.78 is 30.1. The van der Waals surface area contributed by atoms with Gasteiger partial charge >= 0.3 is 12.1 Å². The van der Waals surface area contributed by atoms with Gasteiger partial charge in [0.2, 0.25) is 10.0 Å². The molecule has 9 nitrogen and oxygen atoms in total. The summed E-state index contributed by atoms with van der Waals surface area (Å²) in [5.41, 5.74) is 0.434. The van der Waals surface area contributed by atoms with Crippen LogP contribution in [0.1, 0.15) is 33.6 Å². The number of carbonyl (C=O) groups is 2. The average molecular weight is 413 g/mol. The Hall–Kier alpha value is -2.49. The van der Waals surface area contributed by atoms with E-state index < -0.39 is 15.6 Å². The maximum Gasteiger partial charge on any atom is 0.410 e. The van der Waals surface area contributed by atoms with Gasteiger partial charge in [-0.15, -0.1) is 0 Å². The minimum Gasteiger partial charge on any atom is -0.444 e. The second-order valence-electron chi connectivity index (χ2n) is 7.79. The van der Waals surface area contributed by atoms with Crippen molar-refractivity contribution in [3.8, 4) is 0 Å². The molecule has 0 saturated carbocycles. The Morgan fingerprint density at radius 3 is 2.11 bits per heavy atom. The van der Waals surface area contributed by atoms with E-state index in [0.717, 1.165) is 6.26 Å². The first kappa shape index (κ1) is 21.8. The lowest BCUT2D eigenvalue weighted by Crippen LogP contribution is -2.48. The van der Waals surface area contributed by atoms with Crippen molar-refractivity contribution in [3.05, 3.63) is 24.3 Å². The molecule has 3 amide bonds. The molecule has 1 aromatic carbocycles. The molecular weight excluding hydrogens is 384 g/mol. The zero-order valence-electron chi connectivity index (χ0n) is 16.6. The summed E-state index contributed by atoms with van der Waals surface area (Å²) >= 11 is 0. The van der Waals surface area contributed by atoms with Crippen LogP contribution >= 0.6 is 0 Å². The molecule has 3 N–H and O–H groups in total. The number of rotatable bonds is 4. The van der Waals surface area contributed by atoms with Crippen LogP contribution in [0.5, 0.6) is 0 Å². The van der Waals surface area contributed by atoms with Crippen LogP contribution in [-0.2, 0) is 14.8 Å². The number of piperidine rings is 1. The Kier molecular flexibility index (Phi) is 6.76. The maximum atomic E-state index is 12.2. The summed E-state index contributed by atoms with van der Waals surface area (Å²) in [4.78, 5) is 25.9. The molecule has 0 aliphatic carbocycles. The first-order valence-electron chi connectivity index (χ1n) is 9.04. The number of sulfonamides is 1. The van der Waals surface area contributed by atoms with E-state index in [0.29, 0.717) is 37.3 Å². The third kappa shape index (κ3) is 7.63. The van der Waals surface area contributed by atoms with E-state index >= 15 is 0 Å². The molecule has 10 heteroatoms. The number of ether oxygens (including phenoxy) is 1. The number of urea groups is 1. The van der Waals surface area contributed by atoms with Crippen LogP contribution < -0.4 is 15.4 Å². The molecule has 28 heavy (non-hydrogen) atoms. The lowest BCUT2D eigenvalue weighted by molar-refractivity contribution is 0.0202. The van der Waals surface area contributed by atoms with Gasteiger partial charge < -0.3 is 20.3 Å². The van der Waals surface area contributed by atoms with E-state index in [1.54, 1.807) is 29.2 Å². The van der Waals surface area contributed by atoms with E-state index in [9.17, 15) is 18.0 Å². The van der Waals surface area contributed by atoms with Crippen molar-refractivity contribution < 1.29 is 22.7 Å². The minimum absolute atomic E-state index is 0.0372. The van der Waals surface area contributed by atoms with E-state index in [1.165, 1.54) is 0 Å². The molecule has 0 atom stereocenters. The first-order valence-corrected chi connectivity index (χ1v) is 10.9. The van der Waals surface area contributed by atoms with Gasteiger partial charge in [0.1, 0.15) is 5.60 Å². The molecule has 2 rings (SSSR count). The highest BCUT2D eigenvalue weighted by molar-refractivity contribution is 7.92. The van der Waals surface area contributed by atoms with E-state index in [4.69, 9.17) is 4.74 Å². The van der Waals surface area contributed by atoms with E-state index in [2.05, 4.69) is 15.4 Å². The normalized spacial score (nSPS) is 15.6. The standard InChI is InChI=1S/C18H28N4O5S/c1-18(2,3)27-17(24)22-11-9-14(10-12-22)20-16(23)19-13-5-7-15(8-6-13)21-28(4,25)26/h5-8,14,21H,9-12H2,1-4H3,(H2,19,20,23). The molecule has 1 fully saturated rings. The molecule has 0 bridgehead atoms. The number of carbonyl (C=O) groups excluding carboxylic acids is 2. The summed E-state index contributed by atoms with van der Waals surface area (Å²) in [6.45, 7) is 6.52. The Balaban J connectivity index is 1.78. The monoisotopic (exact) mass is 412 g/mol. The fraction of sp³-hybridized carbons (Fsp3) is 0.556. The van der Waals surface area contributed by atoms with Crippen molar-refractivity contribution in [1.82, 2.24) is 10.2 Å². The molecule has 1 heterocycles. The van der Waals surface area contributed by atoms with Gasteiger partial charge in [0.25, 0.3) is 0 Å². The number of nitrogens with zero attached hydrogens (tertiary/aromatic N) is 1. The highest BCUT2D eigenvalue weighted by Crippen LogP contribution is 2.17. The van der Waals surface area contributed by atoms with Crippen molar-refractivity contribution in [1.29, 1.82) is 0 Å². The molecule has 0 unspecified atom stereocenters. The SMILES string of the molecule is CC(C)(C)OC(=O)N1CCC(NC(=O)Nc2ccc(NS(C)(=O)=O)cc2)CC1. The summed E-state index contributed by atoms with van der Waals surface area (Å²) in [5, 5.41) is 5.60. The van der Waals surface area contributed by atoms with Gasteiger partial charge in [-0.25, -0.2) is 18.0 Å². The summed E-state index contributed by atoms with van der Waals surface area (Å²) in [5.74, 6) is 0. The number of anilines is 2. The molecule has 0 radical (unpaired) electrons. The molecule has 0 aromatic heterocycles. The Bertz CT molecular complexity index is 794. The zero-order valence-corrected chi connectivity index (χ0v) is 17.4. The summed E-state index contributed by atoms with van der Waals surface area (Å²) in [6.07, 6.45) is 2.02. The van der Waals surface area contributed by atoms with Gasteiger partial charge in [-0.3, -0.25) is 4.72 Å². The van der Waals surface area contributed by atoms with Crippen LogP contribution in [0.3, 0.4) is 0 Å². The van der Waals surface area contributed by atoms with Crippen molar-refractivity contribution in [2.24, 2.45) is 0 Å². The van der Waals surface area contributed by atoms with Crippen LogP contribution in [0.4, 0.5) is 21.0 Å². The van der Waals surface area contributed by atoms with Crippen LogP contribution in [-0.4, -0.2) is 56.4 Å². The molecule has 1 aliphatic heterocycles. The molecule has 156 valence electrons. The maximum absolute atomic E-state index is 12.2. The first-order chi connectivity index (χ1) is 12.9. The highest BCUT2D eigenvalue weighted by Gasteiger charge is 2.27. The van der Waals surface area contributed by atoms with Gasteiger partial charge in [-0.1, -0.05) is 0 Å². The van der Waals surface area contributed by atoms with Gasteiger partial charge in [-0.05, 0) is 57.9 Å². The van der Waals surface area contributed by atoms with Crippen molar-refractivity contribution >= 4 is 33.5 Å². The zero-order chi connectivity index (χ0) is 20.9. The average Bonchev–Trinajstić information content (AvgIpc) is 2.54. The van der Waals surface area contributed by atoms with Gasteiger partial charge in [0.15, 0.2) is 0 Å². The summed E-state index contributed by atoms with van der Waals surface area (Å²) in [6, 6.07) is 5.96.